The molecular formula is C16H26N2O. The molecule has 1 heterocycles. The van der Waals surface area contributed by atoms with Crippen molar-refractivity contribution in [2.75, 3.05) is 14.2 Å². The number of likely N-dealkylation sites (N-methyl/N-ethyl adjacent to an activating group) is 1. The van der Waals surface area contributed by atoms with Crippen molar-refractivity contribution in [3.63, 3.8) is 0 Å². The highest BCUT2D eigenvalue weighted by molar-refractivity contribution is 5.23. The van der Waals surface area contributed by atoms with Gasteiger partial charge in [-0.1, -0.05) is 13.0 Å². The maximum absolute atomic E-state index is 5.98. The number of pyridine rings is 1. The van der Waals surface area contributed by atoms with Gasteiger partial charge in [0.05, 0.1) is 11.6 Å². The van der Waals surface area contributed by atoms with Crippen molar-refractivity contribution in [1.29, 1.82) is 0 Å². The van der Waals surface area contributed by atoms with Crippen LogP contribution in [0, 0.1) is 12.8 Å². The lowest BCUT2D eigenvalue weighted by atomic mass is 9.73. The predicted octanol–water partition coefficient (Wildman–Crippen LogP) is 3.25. The van der Waals surface area contributed by atoms with Crippen molar-refractivity contribution < 1.29 is 4.74 Å². The fourth-order valence-corrected chi connectivity index (χ4v) is 3.33. The van der Waals surface area contributed by atoms with Crippen LogP contribution in [0.4, 0.5) is 0 Å². The molecule has 1 N–H and O–H groups in total. The van der Waals surface area contributed by atoms with Gasteiger partial charge in [-0.25, -0.2) is 0 Å². The zero-order valence-corrected chi connectivity index (χ0v) is 12.6. The van der Waals surface area contributed by atoms with Crippen LogP contribution in [0.25, 0.3) is 0 Å². The number of aryl methyl sites for hydroxylation is 1. The molecule has 0 aromatic carbocycles. The molecule has 0 spiro atoms. The van der Waals surface area contributed by atoms with Gasteiger partial charge in [-0.15, -0.1) is 0 Å². The van der Waals surface area contributed by atoms with Gasteiger partial charge < -0.3 is 10.1 Å². The van der Waals surface area contributed by atoms with E-state index in [0.717, 1.165) is 18.8 Å². The Balaban J connectivity index is 2.28. The largest absolute Gasteiger partial charge is 0.376 e. The molecular weight excluding hydrogens is 236 g/mol. The van der Waals surface area contributed by atoms with E-state index in [-0.39, 0.29) is 11.6 Å². The zero-order chi connectivity index (χ0) is 13.9. The second-order valence-electron chi connectivity index (χ2n) is 5.97. The van der Waals surface area contributed by atoms with Gasteiger partial charge in [0, 0.05) is 19.5 Å². The molecule has 0 aliphatic heterocycles. The number of nitrogens with zero attached hydrogens (tertiary/aromatic N) is 1. The summed E-state index contributed by atoms with van der Waals surface area (Å²) < 4.78 is 5.98. The maximum atomic E-state index is 5.98. The van der Waals surface area contributed by atoms with Gasteiger partial charge in [0.1, 0.15) is 0 Å². The third-order valence-corrected chi connectivity index (χ3v) is 4.57. The Labute approximate surface area is 116 Å². The van der Waals surface area contributed by atoms with Gasteiger partial charge in [-0.05, 0) is 56.7 Å². The molecule has 0 amide bonds. The Bertz CT molecular complexity index is 411. The molecule has 0 radical (unpaired) electrons. The van der Waals surface area contributed by atoms with Gasteiger partial charge in [0.25, 0.3) is 0 Å². The molecule has 3 nitrogen and oxygen atoms in total. The average molecular weight is 262 g/mol. The first-order valence-corrected chi connectivity index (χ1v) is 7.25. The van der Waals surface area contributed by atoms with E-state index in [9.17, 15) is 0 Å². The summed E-state index contributed by atoms with van der Waals surface area (Å²) >= 11 is 0. The summed E-state index contributed by atoms with van der Waals surface area (Å²) in [5, 5.41) is 3.46. The van der Waals surface area contributed by atoms with Gasteiger partial charge in [-0.3, -0.25) is 4.98 Å². The summed E-state index contributed by atoms with van der Waals surface area (Å²) in [5.41, 5.74) is 2.35. The maximum Gasteiger partial charge on any atom is 0.0873 e. The summed E-state index contributed by atoms with van der Waals surface area (Å²) in [6.07, 6.45) is 8.58. The topological polar surface area (TPSA) is 34.2 Å². The van der Waals surface area contributed by atoms with Gasteiger partial charge in [0.2, 0.25) is 0 Å². The number of hydrogen-bond donors (Lipinski definition) is 1. The zero-order valence-electron chi connectivity index (χ0n) is 12.6. The molecule has 3 heteroatoms. The van der Waals surface area contributed by atoms with Crippen molar-refractivity contribution in [3.05, 3.63) is 29.6 Å². The SMILES string of the molecule is CNC(c1cncc(C)c1)C1(OC)CCC(C)CC1. The molecule has 1 saturated carbocycles. The molecule has 1 aromatic rings. The van der Waals surface area contributed by atoms with E-state index < -0.39 is 0 Å². The lowest BCUT2D eigenvalue weighted by molar-refractivity contribution is -0.0745. The number of methoxy groups -OCH3 is 1. The molecule has 1 atom stereocenters. The van der Waals surface area contributed by atoms with Crippen LogP contribution < -0.4 is 5.32 Å². The minimum atomic E-state index is -0.0866. The van der Waals surface area contributed by atoms with E-state index in [1.165, 1.54) is 24.0 Å². The Morgan fingerprint density at radius 3 is 2.58 bits per heavy atom. The normalized spacial score (nSPS) is 29.2. The highest BCUT2D eigenvalue weighted by Crippen LogP contribution is 2.42. The molecule has 0 bridgehead atoms. The highest BCUT2D eigenvalue weighted by Gasteiger charge is 2.41. The van der Waals surface area contributed by atoms with Crippen LogP contribution in [0.3, 0.4) is 0 Å². The number of aromatic nitrogens is 1. The quantitative estimate of drug-likeness (QED) is 0.904. The van der Waals surface area contributed by atoms with Crippen LogP contribution in [0.1, 0.15) is 49.8 Å². The molecule has 1 aromatic heterocycles. The Morgan fingerprint density at radius 1 is 1.37 bits per heavy atom. The number of nitrogens with one attached hydrogen (secondary N) is 1. The van der Waals surface area contributed by atoms with Crippen LogP contribution in [-0.2, 0) is 4.74 Å². The summed E-state index contributed by atoms with van der Waals surface area (Å²) in [6.45, 7) is 4.42. The molecule has 1 fully saturated rings. The second-order valence-corrected chi connectivity index (χ2v) is 5.97. The van der Waals surface area contributed by atoms with Crippen molar-refractivity contribution in [2.24, 2.45) is 5.92 Å². The molecule has 19 heavy (non-hydrogen) atoms. The predicted molar refractivity (Wildman–Crippen MR) is 78.1 cm³/mol. The lowest BCUT2D eigenvalue weighted by Crippen LogP contribution is -2.47. The monoisotopic (exact) mass is 262 g/mol. The number of hydrogen-bond acceptors (Lipinski definition) is 3. The van der Waals surface area contributed by atoms with Gasteiger partial charge >= 0.3 is 0 Å². The minimum absolute atomic E-state index is 0.0866. The van der Waals surface area contributed by atoms with E-state index in [0.29, 0.717) is 0 Å². The standard InChI is InChI=1S/C16H26N2O/c1-12-5-7-16(19-4,8-6-12)15(17-3)14-9-13(2)10-18-11-14/h9-12,15,17H,5-8H2,1-4H3. The Hall–Kier alpha value is -0.930. The van der Waals surface area contributed by atoms with E-state index in [1.807, 2.05) is 26.6 Å². The molecule has 2 rings (SSSR count). The van der Waals surface area contributed by atoms with Crippen LogP contribution in [0.2, 0.25) is 0 Å². The smallest absolute Gasteiger partial charge is 0.0873 e. The van der Waals surface area contributed by atoms with E-state index >= 15 is 0 Å². The van der Waals surface area contributed by atoms with Crippen molar-refractivity contribution in [1.82, 2.24) is 10.3 Å². The molecule has 0 saturated heterocycles. The number of rotatable bonds is 4. The summed E-state index contributed by atoms with van der Waals surface area (Å²) in [7, 11) is 3.87. The Kier molecular flexibility index (Phi) is 4.58. The first-order chi connectivity index (χ1) is 9.11. The highest BCUT2D eigenvalue weighted by atomic mass is 16.5. The number of ether oxygens (including phenoxy) is 1. The minimum Gasteiger partial charge on any atom is -0.376 e. The van der Waals surface area contributed by atoms with Crippen LogP contribution in [-0.4, -0.2) is 24.7 Å². The fraction of sp³-hybridized carbons (Fsp3) is 0.688. The lowest BCUT2D eigenvalue weighted by Gasteiger charge is -2.44. The fourth-order valence-electron chi connectivity index (χ4n) is 3.33. The summed E-state index contributed by atoms with van der Waals surface area (Å²) in [4.78, 5) is 4.33. The third-order valence-electron chi connectivity index (χ3n) is 4.57. The van der Waals surface area contributed by atoms with E-state index in [1.54, 1.807) is 0 Å². The summed E-state index contributed by atoms with van der Waals surface area (Å²) in [6, 6.07) is 2.44. The van der Waals surface area contributed by atoms with Crippen LogP contribution in [0.5, 0.6) is 0 Å². The summed E-state index contributed by atoms with van der Waals surface area (Å²) in [5.74, 6) is 0.816. The third kappa shape index (κ3) is 2.98. The van der Waals surface area contributed by atoms with Gasteiger partial charge in [0.15, 0.2) is 0 Å². The molecule has 106 valence electrons. The van der Waals surface area contributed by atoms with Crippen molar-refractivity contribution in [3.8, 4) is 0 Å². The van der Waals surface area contributed by atoms with Crippen LogP contribution in [0.15, 0.2) is 18.5 Å². The van der Waals surface area contributed by atoms with Gasteiger partial charge in [-0.2, -0.15) is 0 Å². The molecule has 1 aliphatic carbocycles. The van der Waals surface area contributed by atoms with Crippen LogP contribution >= 0.6 is 0 Å². The first-order valence-electron chi connectivity index (χ1n) is 7.25. The Morgan fingerprint density at radius 2 is 2.05 bits per heavy atom. The van der Waals surface area contributed by atoms with Crippen molar-refractivity contribution >= 4 is 0 Å². The molecule has 1 aliphatic rings. The van der Waals surface area contributed by atoms with E-state index in [4.69, 9.17) is 4.74 Å². The molecule has 1 unspecified atom stereocenters. The van der Waals surface area contributed by atoms with Crippen molar-refractivity contribution in [2.45, 2.75) is 51.2 Å². The average Bonchev–Trinajstić information content (AvgIpc) is 2.42. The van der Waals surface area contributed by atoms with E-state index in [2.05, 4.69) is 30.2 Å². The first kappa shape index (κ1) is 14.5. The second kappa shape index (κ2) is 6.02.